The van der Waals surface area contributed by atoms with E-state index >= 15 is 0 Å². The van der Waals surface area contributed by atoms with Gasteiger partial charge in [-0.05, 0) is 38.0 Å². The Kier molecular flexibility index (Phi) is 5.63. The highest BCUT2D eigenvalue weighted by atomic mass is 16.2. The molecule has 6 nitrogen and oxygen atoms in total. The van der Waals surface area contributed by atoms with E-state index < -0.39 is 0 Å². The third-order valence-electron chi connectivity index (χ3n) is 5.15. The Balaban J connectivity index is 1.87. The van der Waals surface area contributed by atoms with E-state index in [1.165, 1.54) is 0 Å². The standard InChI is InChI=1S/C21H28N4O2/c1-5-6-9-18-12-24(17-10-7-8-15(2)11-17)20(26)14-25(18)21(27)19-13-23(4)22-16(19)3/h7-8,10-11,13,18H,5-6,9,12,14H2,1-4H3. The van der Waals surface area contributed by atoms with Crippen LogP contribution in [0.15, 0.2) is 30.5 Å². The maximum Gasteiger partial charge on any atom is 0.258 e. The lowest BCUT2D eigenvalue weighted by Gasteiger charge is -2.41. The van der Waals surface area contributed by atoms with Gasteiger partial charge in [0.05, 0.1) is 17.3 Å². The zero-order chi connectivity index (χ0) is 19.6. The molecule has 2 aromatic rings. The summed E-state index contributed by atoms with van der Waals surface area (Å²) in [5.41, 5.74) is 3.31. The summed E-state index contributed by atoms with van der Waals surface area (Å²) in [5.74, 6) is -0.137. The van der Waals surface area contributed by atoms with E-state index in [1.54, 1.807) is 22.8 Å². The Hall–Kier alpha value is -2.63. The molecule has 1 aliphatic heterocycles. The molecule has 6 heteroatoms. The molecule has 0 N–H and O–H groups in total. The molecule has 0 saturated carbocycles. The third-order valence-corrected chi connectivity index (χ3v) is 5.15. The van der Waals surface area contributed by atoms with Crippen molar-refractivity contribution in [1.82, 2.24) is 14.7 Å². The number of nitrogens with zero attached hydrogens (tertiary/aromatic N) is 4. The van der Waals surface area contributed by atoms with Gasteiger partial charge in [-0.3, -0.25) is 14.3 Å². The number of hydrogen-bond donors (Lipinski definition) is 0. The van der Waals surface area contributed by atoms with E-state index in [0.717, 1.165) is 30.5 Å². The largest absolute Gasteiger partial charge is 0.324 e. The molecule has 1 aromatic heterocycles. The maximum atomic E-state index is 13.2. The summed E-state index contributed by atoms with van der Waals surface area (Å²) >= 11 is 0. The molecule has 1 unspecified atom stereocenters. The van der Waals surface area contributed by atoms with Gasteiger partial charge in [-0.1, -0.05) is 31.9 Å². The summed E-state index contributed by atoms with van der Waals surface area (Å²) in [6.07, 6.45) is 4.71. The zero-order valence-corrected chi connectivity index (χ0v) is 16.6. The van der Waals surface area contributed by atoms with Crippen LogP contribution in [0.2, 0.25) is 0 Å². The molecular weight excluding hydrogens is 340 g/mol. The fraction of sp³-hybridized carbons (Fsp3) is 0.476. The molecule has 2 heterocycles. The van der Waals surface area contributed by atoms with Crippen LogP contribution in [0.4, 0.5) is 5.69 Å². The summed E-state index contributed by atoms with van der Waals surface area (Å²) in [6.45, 7) is 6.64. The normalized spacial score (nSPS) is 17.5. The lowest BCUT2D eigenvalue weighted by Crippen LogP contribution is -2.58. The lowest BCUT2D eigenvalue weighted by molar-refractivity contribution is -0.121. The molecule has 0 bridgehead atoms. The summed E-state index contributed by atoms with van der Waals surface area (Å²) in [5, 5.41) is 4.28. The van der Waals surface area contributed by atoms with Crippen molar-refractivity contribution in [3.8, 4) is 0 Å². The number of unbranched alkanes of at least 4 members (excludes halogenated alkanes) is 1. The van der Waals surface area contributed by atoms with Crippen LogP contribution in [0, 0.1) is 13.8 Å². The average molecular weight is 368 g/mol. The number of aromatic nitrogens is 2. The highest BCUT2D eigenvalue weighted by Crippen LogP contribution is 2.25. The molecule has 1 aliphatic rings. The minimum atomic E-state index is -0.0982. The molecule has 0 aliphatic carbocycles. The van der Waals surface area contributed by atoms with E-state index in [9.17, 15) is 9.59 Å². The molecule has 1 atom stereocenters. The van der Waals surface area contributed by atoms with Gasteiger partial charge in [-0.2, -0.15) is 5.10 Å². The van der Waals surface area contributed by atoms with Crippen LogP contribution in [0.3, 0.4) is 0 Å². The highest BCUT2D eigenvalue weighted by molar-refractivity contribution is 6.02. The van der Waals surface area contributed by atoms with Crippen molar-refractivity contribution in [2.75, 3.05) is 18.0 Å². The topological polar surface area (TPSA) is 58.4 Å². The first-order chi connectivity index (χ1) is 12.9. The van der Waals surface area contributed by atoms with Crippen molar-refractivity contribution < 1.29 is 9.59 Å². The van der Waals surface area contributed by atoms with E-state index in [1.807, 2.05) is 43.0 Å². The minimum Gasteiger partial charge on any atom is -0.324 e. The van der Waals surface area contributed by atoms with Crippen molar-refractivity contribution in [3.05, 3.63) is 47.3 Å². The minimum absolute atomic E-state index is 0.00951. The number of carbonyl (C=O) groups excluding carboxylic acids is 2. The number of anilines is 1. The summed E-state index contributed by atoms with van der Waals surface area (Å²) in [4.78, 5) is 29.6. The summed E-state index contributed by atoms with van der Waals surface area (Å²) in [7, 11) is 1.80. The fourth-order valence-electron chi connectivity index (χ4n) is 3.71. The summed E-state index contributed by atoms with van der Waals surface area (Å²) < 4.78 is 1.65. The SMILES string of the molecule is CCCCC1CN(c2cccc(C)c2)C(=O)CN1C(=O)c1cn(C)nc1C. The van der Waals surface area contributed by atoms with Gasteiger partial charge in [-0.25, -0.2) is 0 Å². The molecule has 27 heavy (non-hydrogen) atoms. The first-order valence-electron chi connectivity index (χ1n) is 9.59. The number of amides is 2. The number of benzene rings is 1. The second kappa shape index (κ2) is 7.94. The smallest absolute Gasteiger partial charge is 0.258 e. The Morgan fingerprint density at radius 3 is 2.70 bits per heavy atom. The fourth-order valence-corrected chi connectivity index (χ4v) is 3.71. The molecule has 1 fully saturated rings. The number of aryl methyl sites for hydroxylation is 3. The van der Waals surface area contributed by atoms with Crippen LogP contribution < -0.4 is 4.90 Å². The number of piperazine rings is 1. The first-order valence-corrected chi connectivity index (χ1v) is 9.59. The van der Waals surface area contributed by atoms with Crippen molar-refractivity contribution in [2.45, 2.75) is 46.1 Å². The number of rotatable bonds is 5. The Labute approximate surface area is 160 Å². The molecule has 0 spiro atoms. The van der Waals surface area contributed by atoms with Crippen LogP contribution in [0.25, 0.3) is 0 Å². The van der Waals surface area contributed by atoms with Gasteiger partial charge in [0.15, 0.2) is 0 Å². The van der Waals surface area contributed by atoms with Crippen molar-refractivity contribution in [1.29, 1.82) is 0 Å². The van der Waals surface area contributed by atoms with Gasteiger partial charge in [-0.15, -0.1) is 0 Å². The molecule has 144 valence electrons. The molecule has 0 radical (unpaired) electrons. The first kappa shape index (κ1) is 19.1. The monoisotopic (exact) mass is 368 g/mol. The Bertz CT molecular complexity index is 842. The van der Waals surface area contributed by atoms with Crippen LogP contribution in [-0.4, -0.2) is 45.6 Å². The molecule has 1 aromatic carbocycles. The molecular formula is C21H28N4O2. The second-order valence-corrected chi connectivity index (χ2v) is 7.37. The van der Waals surface area contributed by atoms with Crippen LogP contribution in [0.1, 0.15) is 47.8 Å². The molecule has 1 saturated heterocycles. The van der Waals surface area contributed by atoms with E-state index in [2.05, 4.69) is 12.0 Å². The van der Waals surface area contributed by atoms with E-state index in [0.29, 0.717) is 17.8 Å². The summed E-state index contributed by atoms with van der Waals surface area (Å²) in [6, 6.07) is 7.99. The predicted octanol–water partition coefficient (Wildman–Crippen LogP) is 3.08. The van der Waals surface area contributed by atoms with Crippen LogP contribution in [-0.2, 0) is 11.8 Å². The van der Waals surface area contributed by atoms with Gasteiger partial charge in [0.25, 0.3) is 5.91 Å². The number of hydrogen-bond acceptors (Lipinski definition) is 3. The Morgan fingerprint density at radius 1 is 1.30 bits per heavy atom. The molecule has 3 rings (SSSR count). The highest BCUT2D eigenvalue weighted by Gasteiger charge is 2.36. The van der Waals surface area contributed by atoms with E-state index in [4.69, 9.17) is 0 Å². The number of carbonyl (C=O) groups is 2. The van der Waals surface area contributed by atoms with Crippen LogP contribution in [0.5, 0.6) is 0 Å². The van der Waals surface area contributed by atoms with Crippen molar-refractivity contribution in [2.24, 2.45) is 7.05 Å². The second-order valence-electron chi connectivity index (χ2n) is 7.37. The van der Waals surface area contributed by atoms with Gasteiger partial charge in [0, 0.05) is 25.5 Å². The van der Waals surface area contributed by atoms with Gasteiger partial charge < -0.3 is 9.80 Å². The quantitative estimate of drug-likeness (QED) is 0.815. The molecule has 2 amide bonds. The zero-order valence-electron chi connectivity index (χ0n) is 16.6. The van der Waals surface area contributed by atoms with Gasteiger partial charge in [0.1, 0.15) is 6.54 Å². The average Bonchev–Trinajstić information content (AvgIpc) is 2.98. The lowest BCUT2D eigenvalue weighted by atomic mass is 10.0. The van der Waals surface area contributed by atoms with E-state index in [-0.39, 0.29) is 24.4 Å². The van der Waals surface area contributed by atoms with Crippen LogP contribution >= 0.6 is 0 Å². The predicted molar refractivity (Wildman–Crippen MR) is 106 cm³/mol. The van der Waals surface area contributed by atoms with Crippen molar-refractivity contribution in [3.63, 3.8) is 0 Å². The Morgan fingerprint density at radius 2 is 2.07 bits per heavy atom. The van der Waals surface area contributed by atoms with Gasteiger partial charge in [0.2, 0.25) is 5.91 Å². The van der Waals surface area contributed by atoms with Crippen molar-refractivity contribution >= 4 is 17.5 Å². The van der Waals surface area contributed by atoms with Gasteiger partial charge >= 0.3 is 0 Å². The maximum absolute atomic E-state index is 13.2. The third kappa shape index (κ3) is 4.04.